The molecule has 1 fully saturated rings. The second-order valence-corrected chi connectivity index (χ2v) is 6.47. The summed E-state index contributed by atoms with van der Waals surface area (Å²) in [6.07, 6.45) is 3.45. The van der Waals surface area contributed by atoms with Crippen LogP contribution < -0.4 is 16.4 Å². The van der Waals surface area contributed by atoms with Crippen molar-refractivity contribution in [1.82, 2.24) is 10.6 Å². The van der Waals surface area contributed by atoms with Gasteiger partial charge in [0, 0.05) is 30.1 Å². The van der Waals surface area contributed by atoms with Crippen LogP contribution in [0.25, 0.3) is 0 Å². The molecule has 1 aromatic carbocycles. The van der Waals surface area contributed by atoms with Crippen molar-refractivity contribution in [3.8, 4) is 0 Å². The lowest BCUT2D eigenvalue weighted by molar-refractivity contribution is -0.125. The summed E-state index contributed by atoms with van der Waals surface area (Å²) in [5, 5.41) is 5.90. The van der Waals surface area contributed by atoms with Crippen molar-refractivity contribution < 1.29 is 9.59 Å². The number of hydrogen-bond donors (Lipinski definition) is 3. The summed E-state index contributed by atoms with van der Waals surface area (Å²) < 4.78 is 0. The first-order chi connectivity index (χ1) is 11.0. The van der Waals surface area contributed by atoms with Gasteiger partial charge >= 0.3 is 0 Å². The average molecular weight is 354 g/mol. The SMILES string of the molecule is CCC(C)NC(=O)c1cccc(CNC(=O)C2CCC(N)C2)c1.Cl. The van der Waals surface area contributed by atoms with E-state index in [0.717, 1.165) is 31.2 Å². The standard InChI is InChI=1S/C18H27N3O2.ClH/c1-3-12(2)21-18(23)14-6-4-5-13(9-14)11-20-17(22)15-7-8-16(19)10-15;/h4-6,9,12,15-16H,3,7-8,10-11,19H2,1-2H3,(H,20,22)(H,21,23);1H. The van der Waals surface area contributed by atoms with Gasteiger partial charge in [-0.1, -0.05) is 19.1 Å². The van der Waals surface area contributed by atoms with Crippen molar-refractivity contribution in [3.63, 3.8) is 0 Å². The Hall–Kier alpha value is -1.59. The first-order valence-electron chi connectivity index (χ1n) is 8.42. The Balaban J connectivity index is 0.00000288. The molecule has 1 saturated carbocycles. The van der Waals surface area contributed by atoms with Crippen LogP contribution in [0.5, 0.6) is 0 Å². The molecule has 0 saturated heterocycles. The van der Waals surface area contributed by atoms with Crippen LogP contribution in [-0.4, -0.2) is 23.9 Å². The smallest absolute Gasteiger partial charge is 0.251 e. The van der Waals surface area contributed by atoms with E-state index in [2.05, 4.69) is 10.6 Å². The predicted molar refractivity (Wildman–Crippen MR) is 98.1 cm³/mol. The molecule has 5 nitrogen and oxygen atoms in total. The fraction of sp³-hybridized carbons (Fsp3) is 0.556. The molecule has 0 radical (unpaired) electrons. The van der Waals surface area contributed by atoms with Crippen LogP contribution >= 0.6 is 12.4 Å². The second-order valence-electron chi connectivity index (χ2n) is 6.47. The fourth-order valence-electron chi connectivity index (χ4n) is 2.82. The summed E-state index contributed by atoms with van der Waals surface area (Å²) in [5.74, 6) is 0.0172. The minimum atomic E-state index is -0.0747. The molecule has 3 atom stereocenters. The number of carbonyl (C=O) groups excluding carboxylic acids is 2. The number of halogens is 1. The zero-order valence-corrected chi connectivity index (χ0v) is 15.2. The highest BCUT2D eigenvalue weighted by Gasteiger charge is 2.27. The third-order valence-corrected chi connectivity index (χ3v) is 4.49. The van der Waals surface area contributed by atoms with E-state index in [9.17, 15) is 9.59 Å². The number of hydrogen-bond acceptors (Lipinski definition) is 3. The minimum absolute atomic E-state index is 0. The van der Waals surface area contributed by atoms with Crippen LogP contribution in [0.2, 0.25) is 0 Å². The maximum absolute atomic E-state index is 12.1. The number of rotatable bonds is 6. The Kier molecular flexibility index (Phi) is 8.22. The molecule has 1 aliphatic rings. The third-order valence-electron chi connectivity index (χ3n) is 4.49. The highest BCUT2D eigenvalue weighted by Crippen LogP contribution is 2.24. The van der Waals surface area contributed by atoms with Crippen molar-refractivity contribution >= 4 is 24.2 Å². The van der Waals surface area contributed by atoms with E-state index < -0.39 is 0 Å². The predicted octanol–water partition coefficient (Wildman–Crippen LogP) is 2.38. The lowest BCUT2D eigenvalue weighted by Gasteiger charge is -2.13. The van der Waals surface area contributed by atoms with E-state index in [1.807, 2.05) is 32.0 Å². The van der Waals surface area contributed by atoms with Crippen molar-refractivity contribution in [1.29, 1.82) is 0 Å². The Morgan fingerprint density at radius 2 is 2.08 bits per heavy atom. The van der Waals surface area contributed by atoms with Gasteiger partial charge in [-0.15, -0.1) is 12.4 Å². The van der Waals surface area contributed by atoms with E-state index in [0.29, 0.717) is 12.1 Å². The van der Waals surface area contributed by atoms with Gasteiger partial charge in [-0.3, -0.25) is 9.59 Å². The molecule has 2 amide bonds. The first kappa shape index (κ1) is 20.5. The molecule has 0 aromatic heterocycles. The van der Waals surface area contributed by atoms with Gasteiger partial charge < -0.3 is 16.4 Å². The van der Waals surface area contributed by atoms with Crippen LogP contribution in [0.1, 0.15) is 55.5 Å². The zero-order chi connectivity index (χ0) is 16.8. The zero-order valence-electron chi connectivity index (χ0n) is 14.4. The van der Waals surface area contributed by atoms with Crippen LogP contribution in [0.3, 0.4) is 0 Å². The van der Waals surface area contributed by atoms with E-state index >= 15 is 0 Å². The molecule has 4 N–H and O–H groups in total. The Morgan fingerprint density at radius 3 is 2.71 bits per heavy atom. The van der Waals surface area contributed by atoms with Gasteiger partial charge in [-0.05, 0) is 50.3 Å². The molecule has 6 heteroatoms. The van der Waals surface area contributed by atoms with Crippen molar-refractivity contribution in [3.05, 3.63) is 35.4 Å². The number of amides is 2. The topological polar surface area (TPSA) is 84.2 Å². The van der Waals surface area contributed by atoms with E-state index in [1.165, 1.54) is 0 Å². The second kappa shape index (κ2) is 9.64. The summed E-state index contributed by atoms with van der Waals surface area (Å²) >= 11 is 0. The van der Waals surface area contributed by atoms with Gasteiger partial charge in [0.2, 0.25) is 5.91 Å². The maximum atomic E-state index is 12.1. The number of carbonyl (C=O) groups is 2. The van der Waals surface area contributed by atoms with Crippen molar-refractivity contribution in [2.75, 3.05) is 0 Å². The van der Waals surface area contributed by atoms with Crippen molar-refractivity contribution in [2.24, 2.45) is 11.7 Å². The quantitative estimate of drug-likeness (QED) is 0.734. The summed E-state index contributed by atoms with van der Waals surface area (Å²) in [6, 6.07) is 7.69. The van der Waals surface area contributed by atoms with Gasteiger partial charge in [-0.2, -0.15) is 0 Å². The summed E-state index contributed by atoms with van der Waals surface area (Å²) in [7, 11) is 0. The summed E-state index contributed by atoms with van der Waals surface area (Å²) in [6.45, 7) is 4.45. The minimum Gasteiger partial charge on any atom is -0.352 e. The third kappa shape index (κ3) is 5.80. The van der Waals surface area contributed by atoms with Gasteiger partial charge in [0.25, 0.3) is 5.91 Å². The van der Waals surface area contributed by atoms with Gasteiger partial charge in [0.1, 0.15) is 0 Å². The largest absolute Gasteiger partial charge is 0.352 e. The van der Waals surface area contributed by atoms with Crippen LogP contribution in [0, 0.1) is 5.92 Å². The molecule has 0 aliphatic heterocycles. The molecule has 0 heterocycles. The fourth-order valence-corrected chi connectivity index (χ4v) is 2.82. The van der Waals surface area contributed by atoms with Gasteiger partial charge in [0.15, 0.2) is 0 Å². The van der Waals surface area contributed by atoms with Crippen LogP contribution in [0.15, 0.2) is 24.3 Å². The Labute approximate surface area is 150 Å². The molecular weight excluding hydrogens is 326 g/mol. The van der Waals surface area contributed by atoms with Gasteiger partial charge in [0.05, 0.1) is 0 Å². The lowest BCUT2D eigenvalue weighted by atomic mass is 10.1. The highest BCUT2D eigenvalue weighted by atomic mass is 35.5. The van der Waals surface area contributed by atoms with E-state index in [4.69, 9.17) is 5.73 Å². The van der Waals surface area contributed by atoms with Crippen LogP contribution in [0.4, 0.5) is 0 Å². The molecule has 24 heavy (non-hydrogen) atoms. The molecule has 0 spiro atoms. The molecule has 134 valence electrons. The summed E-state index contributed by atoms with van der Waals surface area (Å²) in [5.41, 5.74) is 7.40. The lowest BCUT2D eigenvalue weighted by Crippen LogP contribution is -2.32. The normalized spacial score (nSPS) is 20.8. The first-order valence-corrected chi connectivity index (χ1v) is 8.42. The Bertz CT molecular complexity index is 565. The number of nitrogens with two attached hydrogens (primary N) is 1. The molecule has 0 bridgehead atoms. The molecular formula is C18H28ClN3O2. The van der Waals surface area contributed by atoms with Gasteiger partial charge in [-0.25, -0.2) is 0 Å². The molecule has 3 unspecified atom stereocenters. The van der Waals surface area contributed by atoms with E-state index in [-0.39, 0.29) is 42.2 Å². The maximum Gasteiger partial charge on any atom is 0.251 e. The van der Waals surface area contributed by atoms with E-state index in [1.54, 1.807) is 6.07 Å². The Morgan fingerprint density at radius 1 is 1.33 bits per heavy atom. The molecule has 2 rings (SSSR count). The molecule has 1 aromatic rings. The monoisotopic (exact) mass is 353 g/mol. The average Bonchev–Trinajstić information content (AvgIpc) is 2.99. The highest BCUT2D eigenvalue weighted by molar-refractivity contribution is 5.94. The number of nitrogens with one attached hydrogen (secondary N) is 2. The summed E-state index contributed by atoms with van der Waals surface area (Å²) in [4.78, 5) is 24.3. The number of benzene rings is 1. The van der Waals surface area contributed by atoms with Crippen molar-refractivity contribution in [2.45, 2.75) is 58.2 Å². The molecule has 1 aliphatic carbocycles. The van der Waals surface area contributed by atoms with Crippen LogP contribution in [-0.2, 0) is 11.3 Å².